The van der Waals surface area contributed by atoms with Gasteiger partial charge in [0.1, 0.15) is 0 Å². The Morgan fingerprint density at radius 2 is 1.32 bits per heavy atom. The Bertz CT molecular complexity index is 674. The standard InChI is InChI=1S/C18H13N/c1-16(12-13-17-8-4-2-5-9-17)19-15-14-18-10-6-3-7-11-18/h2-11H,1H3. The number of benzene rings is 2. The third-order valence-corrected chi connectivity index (χ3v) is 2.36. The van der Waals surface area contributed by atoms with Gasteiger partial charge in [0.25, 0.3) is 0 Å². The molecular formula is C18H13N. The van der Waals surface area contributed by atoms with Crippen molar-refractivity contribution < 1.29 is 0 Å². The van der Waals surface area contributed by atoms with E-state index in [0.717, 1.165) is 11.1 Å². The van der Waals surface area contributed by atoms with Gasteiger partial charge in [0.15, 0.2) is 0 Å². The lowest BCUT2D eigenvalue weighted by Gasteiger charge is -1.86. The second kappa shape index (κ2) is 6.84. The molecule has 2 rings (SSSR count). The van der Waals surface area contributed by atoms with E-state index in [4.69, 9.17) is 0 Å². The zero-order valence-corrected chi connectivity index (χ0v) is 10.7. The van der Waals surface area contributed by atoms with Crippen LogP contribution in [0.1, 0.15) is 18.1 Å². The van der Waals surface area contributed by atoms with E-state index in [-0.39, 0.29) is 0 Å². The van der Waals surface area contributed by atoms with Crippen LogP contribution in [-0.4, -0.2) is 5.71 Å². The van der Waals surface area contributed by atoms with Crippen molar-refractivity contribution in [1.29, 1.82) is 0 Å². The molecule has 1 nitrogen and oxygen atoms in total. The molecule has 0 saturated heterocycles. The van der Waals surface area contributed by atoms with E-state index in [1.807, 2.05) is 67.6 Å². The summed E-state index contributed by atoms with van der Waals surface area (Å²) < 4.78 is 0. The minimum absolute atomic E-state index is 0.715. The van der Waals surface area contributed by atoms with E-state index in [0.29, 0.717) is 5.71 Å². The number of nitrogens with zero attached hydrogens (tertiary/aromatic N) is 1. The van der Waals surface area contributed by atoms with Crippen LogP contribution in [0.5, 0.6) is 0 Å². The van der Waals surface area contributed by atoms with Gasteiger partial charge in [-0.15, -0.1) is 0 Å². The molecule has 90 valence electrons. The largest absolute Gasteiger partial charge is 0.193 e. The second-order valence-corrected chi connectivity index (χ2v) is 3.92. The Morgan fingerprint density at radius 1 is 0.789 bits per heavy atom. The Hall–Kier alpha value is -2.77. The molecule has 0 heterocycles. The van der Waals surface area contributed by atoms with Crippen molar-refractivity contribution in [3.63, 3.8) is 0 Å². The van der Waals surface area contributed by atoms with Crippen LogP contribution in [0.2, 0.25) is 0 Å². The maximum Gasteiger partial charge on any atom is 0.0979 e. The summed E-state index contributed by atoms with van der Waals surface area (Å²) in [6.07, 6.45) is 0. The van der Waals surface area contributed by atoms with Crippen LogP contribution in [0.4, 0.5) is 0 Å². The van der Waals surface area contributed by atoms with Crippen molar-refractivity contribution in [1.82, 2.24) is 0 Å². The first-order chi connectivity index (χ1) is 9.34. The van der Waals surface area contributed by atoms with Gasteiger partial charge < -0.3 is 0 Å². The van der Waals surface area contributed by atoms with Gasteiger partial charge in [-0.2, -0.15) is 4.99 Å². The summed E-state index contributed by atoms with van der Waals surface area (Å²) in [4.78, 5) is 4.12. The van der Waals surface area contributed by atoms with Crippen molar-refractivity contribution in [3.05, 3.63) is 71.8 Å². The molecule has 0 aromatic heterocycles. The van der Waals surface area contributed by atoms with Crippen LogP contribution in [0, 0.1) is 23.8 Å². The molecule has 0 fully saturated rings. The molecule has 19 heavy (non-hydrogen) atoms. The predicted octanol–water partition coefficient (Wildman–Crippen LogP) is 3.51. The van der Waals surface area contributed by atoms with E-state index in [1.165, 1.54) is 0 Å². The molecule has 0 radical (unpaired) electrons. The van der Waals surface area contributed by atoms with Crippen LogP contribution < -0.4 is 0 Å². The molecule has 0 aliphatic rings. The van der Waals surface area contributed by atoms with Gasteiger partial charge in [-0.1, -0.05) is 42.3 Å². The SMILES string of the molecule is CC(C#Cc1ccccc1)=NC#Cc1ccccc1. The molecular weight excluding hydrogens is 230 g/mol. The highest BCUT2D eigenvalue weighted by Crippen LogP contribution is 1.95. The second-order valence-electron chi connectivity index (χ2n) is 3.92. The highest BCUT2D eigenvalue weighted by molar-refractivity contribution is 5.99. The van der Waals surface area contributed by atoms with Crippen molar-refractivity contribution in [2.24, 2.45) is 4.99 Å². The van der Waals surface area contributed by atoms with Crippen LogP contribution in [-0.2, 0) is 0 Å². The van der Waals surface area contributed by atoms with E-state index in [9.17, 15) is 0 Å². The van der Waals surface area contributed by atoms with Crippen LogP contribution in [0.3, 0.4) is 0 Å². The van der Waals surface area contributed by atoms with Crippen LogP contribution in [0.25, 0.3) is 0 Å². The lowest BCUT2D eigenvalue weighted by Crippen LogP contribution is -1.83. The Labute approximate surface area is 114 Å². The highest BCUT2D eigenvalue weighted by atomic mass is 14.7. The van der Waals surface area contributed by atoms with Gasteiger partial charge in [-0.05, 0) is 43.0 Å². The fourth-order valence-electron chi connectivity index (χ4n) is 1.41. The van der Waals surface area contributed by atoms with Gasteiger partial charge >= 0.3 is 0 Å². The highest BCUT2D eigenvalue weighted by Gasteiger charge is 1.84. The number of hydrogen-bond acceptors (Lipinski definition) is 1. The first kappa shape index (κ1) is 12.7. The molecule has 0 unspecified atom stereocenters. The smallest absolute Gasteiger partial charge is 0.0979 e. The molecule has 2 aromatic carbocycles. The van der Waals surface area contributed by atoms with Crippen molar-refractivity contribution in [2.75, 3.05) is 0 Å². The monoisotopic (exact) mass is 243 g/mol. The lowest BCUT2D eigenvalue weighted by molar-refractivity contribution is 1.60. The quantitative estimate of drug-likeness (QED) is 0.496. The van der Waals surface area contributed by atoms with Gasteiger partial charge in [0.05, 0.1) is 5.71 Å². The summed E-state index contributed by atoms with van der Waals surface area (Å²) in [6, 6.07) is 22.4. The van der Waals surface area contributed by atoms with Crippen molar-refractivity contribution in [3.8, 4) is 23.8 Å². The first-order valence-corrected chi connectivity index (χ1v) is 6.02. The van der Waals surface area contributed by atoms with Gasteiger partial charge in [-0.25, -0.2) is 0 Å². The van der Waals surface area contributed by atoms with E-state index in [2.05, 4.69) is 28.8 Å². The predicted molar refractivity (Wildman–Crippen MR) is 79.7 cm³/mol. The molecule has 0 atom stereocenters. The summed E-state index contributed by atoms with van der Waals surface area (Å²) in [5, 5.41) is 0. The van der Waals surface area contributed by atoms with Crippen LogP contribution >= 0.6 is 0 Å². The topological polar surface area (TPSA) is 12.4 Å². The maximum absolute atomic E-state index is 4.12. The van der Waals surface area contributed by atoms with Crippen molar-refractivity contribution >= 4 is 5.71 Å². The summed E-state index contributed by atoms with van der Waals surface area (Å²) in [7, 11) is 0. The minimum atomic E-state index is 0.715. The molecule has 0 aliphatic heterocycles. The molecule has 0 aliphatic carbocycles. The maximum atomic E-state index is 4.12. The van der Waals surface area contributed by atoms with Gasteiger partial charge in [0.2, 0.25) is 0 Å². The first-order valence-electron chi connectivity index (χ1n) is 6.02. The number of rotatable bonds is 0. The molecule has 0 amide bonds. The third kappa shape index (κ3) is 4.54. The molecule has 0 spiro atoms. The lowest BCUT2D eigenvalue weighted by atomic mass is 10.2. The van der Waals surface area contributed by atoms with Gasteiger partial charge in [0, 0.05) is 17.2 Å². The summed E-state index contributed by atoms with van der Waals surface area (Å²) in [5.74, 6) is 9.00. The molecule has 2 aromatic rings. The zero-order valence-electron chi connectivity index (χ0n) is 10.7. The molecule has 0 bridgehead atoms. The summed E-state index contributed by atoms with van der Waals surface area (Å²) in [6.45, 7) is 1.86. The van der Waals surface area contributed by atoms with Crippen molar-refractivity contribution in [2.45, 2.75) is 6.92 Å². The van der Waals surface area contributed by atoms with E-state index >= 15 is 0 Å². The Kier molecular flexibility index (Phi) is 4.57. The fraction of sp³-hybridized carbons (Fsp3) is 0.0556. The minimum Gasteiger partial charge on any atom is -0.193 e. The van der Waals surface area contributed by atoms with Gasteiger partial charge in [-0.3, -0.25) is 0 Å². The number of hydrogen-bond donors (Lipinski definition) is 0. The Morgan fingerprint density at radius 3 is 1.89 bits per heavy atom. The van der Waals surface area contributed by atoms with Crippen LogP contribution in [0.15, 0.2) is 65.7 Å². The summed E-state index contributed by atoms with van der Waals surface area (Å²) >= 11 is 0. The number of aliphatic imine (C=N–C) groups is 1. The van der Waals surface area contributed by atoms with E-state index in [1.54, 1.807) is 0 Å². The summed E-state index contributed by atoms with van der Waals surface area (Å²) in [5.41, 5.74) is 2.65. The normalized spacial score (nSPS) is 9.84. The van der Waals surface area contributed by atoms with E-state index < -0.39 is 0 Å². The fourth-order valence-corrected chi connectivity index (χ4v) is 1.41. The average molecular weight is 243 g/mol. The average Bonchev–Trinajstić information content (AvgIpc) is 2.47. The Balaban J connectivity index is 2.05. The molecule has 0 saturated carbocycles. The third-order valence-electron chi connectivity index (χ3n) is 2.36. The zero-order chi connectivity index (χ0) is 13.3. The molecule has 0 N–H and O–H groups in total. The molecule has 1 heteroatoms.